The van der Waals surface area contributed by atoms with Gasteiger partial charge in [-0.15, -0.1) is 11.3 Å². The van der Waals surface area contributed by atoms with E-state index < -0.39 is 27.3 Å². The van der Waals surface area contributed by atoms with Gasteiger partial charge >= 0.3 is 0 Å². The molecule has 4 rings (SSSR count). The van der Waals surface area contributed by atoms with Crippen molar-refractivity contribution in [3.05, 3.63) is 89.4 Å². The highest BCUT2D eigenvalue weighted by Gasteiger charge is 2.25. The molecule has 0 fully saturated rings. The standard InChI is InChI=1S/C20H15F2N3O2S2/c21-15-8-9-16(22)17(11-15)24-29(26,27)19-13-25(12-14-5-2-1-3-6-14)23-20(19)18-7-4-10-28-18/h1-11,13,24H,12H2. The number of benzene rings is 2. The Balaban J connectivity index is 1.75. The summed E-state index contributed by atoms with van der Waals surface area (Å²) in [7, 11) is -4.21. The molecule has 0 aliphatic carbocycles. The highest BCUT2D eigenvalue weighted by atomic mass is 32.2. The molecule has 2 aromatic heterocycles. The highest BCUT2D eigenvalue weighted by Crippen LogP contribution is 2.31. The van der Waals surface area contributed by atoms with Gasteiger partial charge in [0.1, 0.15) is 22.2 Å². The lowest BCUT2D eigenvalue weighted by molar-refractivity contribution is 0.594. The Morgan fingerprint density at radius 2 is 1.83 bits per heavy atom. The molecule has 4 aromatic rings. The van der Waals surface area contributed by atoms with Crippen molar-refractivity contribution >= 4 is 27.0 Å². The van der Waals surface area contributed by atoms with Crippen molar-refractivity contribution in [1.29, 1.82) is 0 Å². The number of anilines is 1. The monoisotopic (exact) mass is 431 g/mol. The maximum Gasteiger partial charge on any atom is 0.265 e. The first-order valence-electron chi connectivity index (χ1n) is 8.55. The number of nitrogens with zero attached hydrogens (tertiary/aromatic N) is 2. The predicted molar refractivity (Wildman–Crippen MR) is 108 cm³/mol. The number of rotatable bonds is 6. The predicted octanol–water partition coefficient (Wildman–Crippen LogP) is 4.74. The van der Waals surface area contributed by atoms with Crippen molar-refractivity contribution in [3.8, 4) is 10.6 Å². The van der Waals surface area contributed by atoms with E-state index in [1.54, 1.807) is 12.1 Å². The number of halogens is 2. The van der Waals surface area contributed by atoms with Gasteiger partial charge in [0.2, 0.25) is 0 Å². The lowest BCUT2D eigenvalue weighted by Crippen LogP contribution is -2.14. The van der Waals surface area contributed by atoms with E-state index in [-0.39, 0.29) is 10.6 Å². The lowest BCUT2D eigenvalue weighted by atomic mass is 10.2. The molecule has 1 N–H and O–H groups in total. The summed E-state index contributed by atoms with van der Waals surface area (Å²) in [4.78, 5) is 0.538. The quantitative estimate of drug-likeness (QED) is 0.480. The van der Waals surface area contributed by atoms with E-state index in [4.69, 9.17) is 0 Å². The highest BCUT2D eigenvalue weighted by molar-refractivity contribution is 7.92. The van der Waals surface area contributed by atoms with E-state index in [9.17, 15) is 17.2 Å². The summed E-state index contributed by atoms with van der Waals surface area (Å²) in [6.07, 6.45) is 1.39. The summed E-state index contributed by atoms with van der Waals surface area (Å²) in [5, 5.41) is 6.24. The third-order valence-electron chi connectivity index (χ3n) is 4.13. The first-order chi connectivity index (χ1) is 13.9. The zero-order chi connectivity index (χ0) is 20.4. The van der Waals surface area contributed by atoms with Crippen LogP contribution < -0.4 is 4.72 Å². The van der Waals surface area contributed by atoms with E-state index in [1.807, 2.05) is 35.7 Å². The fourth-order valence-corrected chi connectivity index (χ4v) is 4.82. The zero-order valence-electron chi connectivity index (χ0n) is 14.9. The fourth-order valence-electron chi connectivity index (χ4n) is 2.81. The van der Waals surface area contributed by atoms with Gasteiger partial charge in [0.25, 0.3) is 10.0 Å². The van der Waals surface area contributed by atoms with Crippen molar-refractivity contribution in [2.75, 3.05) is 4.72 Å². The van der Waals surface area contributed by atoms with Crippen LogP contribution in [0.3, 0.4) is 0 Å². The Kier molecular flexibility index (Phi) is 5.16. The van der Waals surface area contributed by atoms with E-state index in [0.717, 1.165) is 23.8 Å². The van der Waals surface area contributed by atoms with Crippen LogP contribution in [0.4, 0.5) is 14.5 Å². The van der Waals surface area contributed by atoms with E-state index in [0.29, 0.717) is 11.4 Å². The molecule has 0 amide bonds. The number of nitrogens with one attached hydrogen (secondary N) is 1. The summed E-state index contributed by atoms with van der Waals surface area (Å²) in [6.45, 7) is 0.364. The number of thiophene rings is 1. The van der Waals surface area contributed by atoms with E-state index >= 15 is 0 Å². The molecule has 5 nitrogen and oxygen atoms in total. The van der Waals surface area contributed by atoms with Crippen LogP contribution in [0.2, 0.25) is 0 Å². The molecule has 29 heavy (non-hydrogen) atoms. The Bertz CT molecular complexity index is 1240. The second kappa shape index (κ2) is 7.76. The van der Waals surface area contributed by atoms with Crippen molar-refractivity contribution in [2.45, 2.75) is 11.4 Å². The Hall–Kier alpha value is -3.04. The van der Waals surface area contributed by atoms with Gasteiger partial charge in [-0.05, 0) is 29.1 Å². The summed E-state index contributed by atoms with van der Waals surface area (Å²) >= 11 is 1.34. The lowest BCUT2D eigenvalue weighted by Gasteiger charge is -2.08. The Morgan fingerprint density at radius 1 is 1.03 bits per heavy atom. The average molecular weight is 431 g/mol. The molecule has 0 saturated heterocycles. The molecule has 0 unspecified atom stereocenters. The average Bonchev–Trinajstić information content (AvgIpc) is 3.35. The van der Waals surface area contributed by atoms with Crippen LogP contribution in [-0.4, -0.2) is 18.2 Å². The third kappa shape index (κ3) is 4.20. The van der Waals surface area contributed by atoms with Gasteiger partial charge in [0, 0.05) is 12.3 Å². The fraction of sp³-hybridized carbons (Fsp3) is 0.0500. The molecule has 9 heteroatoms. The molecule has 0 bridgehead atoms. The molecule has 148 valence electrons. The minimum Gasteiger partial charge on any atom is -0.276 e. The summed E-state index contributed by atoms with van der Waals surface area (Å²) in [6, 6.07) is 15.6. The molecule has 2 aromatic carbocycles. The molecule has 0 aliphatic heterocycles. The molecule has 0 atom stereocenters. The van der Waals surface area contributed by atoms with Crippen LogP contribution in [0.5, 0.6) is 0 Å². The SMILES string of the molecule is O=S(=O)(Nc1cc(F)ccc1F)c1cn(Cc2ccccc2)nc1-c1cccs1. The van der Waals surface area contributed by atoms with Crippen LogP contribution in [0.15, 0.2) is 77.1 Å². The molecule has 0 saturated carbocycles. The largest absolute Gasteiger partial charge is 0.276 e. The van der Waals surface area contributed by atoms with Crippen molar-refractivity contribution in [3.63, 3.8) is 0 Å². The van der Waals surface area contributed by atoms with Crippen molar-refractivity contribution in [2.24, 2.45) is 0 Å². The van der Waals surface area contributed by atoms with Gasteiger partial charge in [-0.3, -0.25) is 9.40 Å². The van der Waals surface area contributed by atoms with Crippen LogP contribution in [0.1, 0.15) is 5.56 Å². The van der Waals surface area contributed by atoms with Crippen LogP contribution >= 0.6 is 11.3 Å². The topological polar surface area (TPSA) is 64.0 Å². The molecule has 0 aliphatic rings. The minimum atomic E-state index is -4.21. The summed E-state index contributed by atoms with van der Waals surface area (Å²) in [5.74, 6) is -1.62. The molecule has 2 heterocycles. The van der Waals surface area contributed by atoms with Crippen molar-refractivity contribution < 1.29 is 17.2 Å². The van der Waals surface area contributed by atoms with Crippen molar-refractivity contribution in [1.82, 2.24) is 9.78 Å². The number of hydrogen-bond acceptors (Lipinski definition) is 4. The first kappa shape index (κ1) is 19.3. The van der Waals surface area contributed by atoms with Gasteiger partial charge < -0.3 is 0 Å². The molecule has 0 spiro atoms. The number of sulfonamides is 1. The molecular weight excluding hydrogens is 416 g/mol. The van der Waals surface area contributed by atoms with E-state index in [1.165, 1.54) is 22.2 Å². The maximum atomic E-state index is 14.0. The zero-order valence-corrected chi connectivity index (χ0v) is 16.6. The van der Waals surface area contributed by atoms with Gasteiger partial charge in [-0.2, -0.15) is 5.10 Å². The number of aromatic nitrogens is 2. The maximum absolute atomic E-state index is 14.0. The van der Waals surface area contributed by atoms with Crippen LogP contribution in [0.25, 0.3) is 10.6 Å². The third-order valence-corrected chi connectivity index (χ3v) is 6.38. The smallest absolute Gasteiger partial charge is 0.265 e. The second-order valence-corrected chi connectivity index (χ2v) is 8.83. The summed E-state index contributed by atoms with van der Waals surface area (Å²) < 4.78 is 57.1. The summed E-state index contributed by atoms with van der Waals surface area (Å²) in [5.41, 5.74) is 0.735. The molecular formula is C20H15F2N3O2S2. The first-order valence-corrected chi connectivity index (χ1v) is 10.9. The molecule has 0 radical (unpaired) electrons. The Morgan fingerprint density at radius 3 is 2.55 bits per heavy atom. The Labute approximate surface area is 170 Å². The minimum absolute atomic E-state index is 0.112. The second-order valence-electron chi connectivity index (χ2n) is 6.23. The van der Waals surface area contributed by atoms with Crippen LogP contribution in [-0.2, 0) is 16.6 Å². The normalized spacial score (nSPS) is 11.5. The van der Waals surface area contributed by atoms with E-state index in [2.05, 4.69) is 9.82 Å². The van der Waals surface area contributed by atoms with Gasteiger partial charge in [-0.1, -0.05) is 36.4 Å². The van der Waals surface area contributed by atoms with Gasteiger partial charge in [0.15, 0.2) is 0 Å². The van der Waals surface area contributed by atoms with Gasteiger partial charge in [-0.25, -0.2) is 17.2 Å². The van der Waals surface area contributed by atoms with Crippen LogP contribution in [0, 0.1) is 11.6 Å². The number of hydrogen-bond donors (Lipinski definition) is 1. The van der Waals surface area contributed by atoms with Gasteiger partial charge in [0.05, 0.1) is 17.1 Å².